The smallest absolute Gasteiger partial charge is 0.388 e. The molecule has 14 heteroatoms. The Labute approximate surface area is 175 Å². The molecule has 8 nitrogen and oxygen atoms in total. The summed E-state index contributed by atoms with van der Waals surface area (Å²) in [5.41, 5.74) is 0.0131. The highest BCUT2D eigenvalue weighted by atomic mass is 19.4. The maximum absolute atomic E-state index is 12.8. The van der Waals surface area contributed by atoms with E-state index in [0.717, 1.165) is 16.9 Å². The highest BCUT2D eigenvalue weighted by Gasteiger charge is 2.36. The molecule has 1 atom stereocenters. The number of hydrogen-bond acceptors (Lipinski definition) is 5. The van der Waals surface area contributed by atoms with Crippen LogP contribution < -0.4 is 10.1 Å². The zero-order chi connectivity index (χ0) is 23.3. The van der Waals surface area contributed by atoms with E-state index in [2.05, 4.69) is 25.2 Å². The fourth-order valence-corrected chi connectivity index (χ4v) is 3.39. The Morgan fingerprint density at radius 3 is 2.59 bits per heavy atom. The van der Waals surface area contributed by atoms with Crippen LogP contribution in [0.3, 0.4) is 0 Å². The average molecular weight is 460 g/mol. The van der Waals surface area contributed by atoms with Crippen molar-refractivity contribution in [3.63, 3.8) is 0 Å². The van der Waals surface area contributed by atoms with Crippen LogP contribution in [0.15, 0.2) is 30.6 Å². The Hall–Kier alpha value is -3.58. The van der Waals surface area contributed by atoms with Gasteiger partial charge in [0.15, 0.2) is 5.69 Å². The van der Waals surface area contributed by atoms with Gasteiger partial charge in [-0.1, -0.05) is 0 Å². The van der Waals surface area contributed by atoms with Gasteiger partial charge in [0.05, 0.1) is 17.4 Å². The van der Waals surface area contributed by atoms with Crippen molar-refractivity contribution in [2.75, 3.05) is 0 Å². The Morgan fingerprint density at radius 2 is 1.94 bits per heavy atom. The largest absolute Gasteiger partial charge is 0.574 e. The van der Waals surface area contributed by atoms with Crippen LogP contribution in [0.2, 0.25) is 0 Å². The first-order valence-electron chi connectivity index (χ1n) is 9.13. The monoisotopic (exact) mass is 460 g/mol. The molecule has 0 aliphatic heterocycles. The van der Waals surface area contributed by atoms with E-state index in [-0.39, 0.29) is 11.4 Å². The highest BCUT2D eigenvalue weighted by Crippen LogP contribution is 2.33. The predicted molar refractivity (Wildman–Crippen MR) is 94.8 cm³/mol. The van der Waals surface area contributed by atoms with Gasteiger partial charge >= 0.3 is 12.5 Å². The zero-order valence-corrected chi connectivity index (χ0v) is 16.2. The summed E-state index contributed by atoms with van der Waals surface area (Å²) in [5.74, 6) is -1.40. The summed E-state index contributed by atoms with van der Waals surface area (Å²) < 4.78 is 81.7. The Balaban J connectivity index is 1.53. The van der Waals surface area contributed by atoms with Crippen LogP contribution in [0.4, 0.5) is 26.3 Å². The molecule has 0 spiro atoms. The van der Waals surface area contributed by atoms with Crippen LogP contribution in [-0.2, 0) is 19.6 Å². The molecule has 0 unspecified atom stereocenters. The average Bonchev–Trinajstić information content (AvgIpc) is 3.35. The Bertz CT molecular complexity index is 1170. The number of rotatable bonds is 4. The molecule has 32 heavy (non-hydrogen) atoms. The lowest BCUT2D eigenvalue weighted by molar-refractivity contribution is -0.276. The number of aryl methyl sites for hydroxylation is 2. The van der Waals surface area contributed by atoms with Gasteiger partial charge in [0.25, 0.3) is 5.91 Å². The minimum atomic E-state index is -4.90. The standard InChI is InChI=1S/C18H14F6N6O2/c1-29-13(7-14(28-29)17(19,20)21)16(31)26-11-2-3-12-10(11)8-30(27-12)9-4-5-25-15(6-9)32-18(22,23)24/h4-8,11H,2-3H2,1H3,(H,26,31)/t11-/m1/s1. The van der Waals surface area contributed by atoms with E-state index in [1.165, 1.54) is 24.0 Å². The molecule has 0 aromatic carbocycles. The second-order valence-corrected chi connectivity index (χ2v) is 6.98. The van der Waals surface area contributed by atoms with E-state index in [4.69, 9.17) is 0 Å². The van der Waals surface area contributed by atoms with E-state index in [9.17, 15) is 31.1 Å². The first kappa shape index (κ1) is 21.6. The fraction of sp³-hybridized carbons (Fsp3) is 0.333. The van der Waals surface area contributed by atoms with Crippen molar-refractivity contribution in [1.29, 1.82) is 0 Å². The predicted octanol–water partition coefficient (Wildman–Crippen LogP) is 3.34. The lowest BCUT2D eigenvalue weighted by atomic mass is 10.2. The second kappa shape index (κ2) is 7.53. The number of halogens is 6. The van der Waals surface area contributed by atoms with E-state index < -0.39 is 36.1 Å². The van der Waals surface area contributed by atoms with Crippen LogP contribution in [0.5, 0.6) is 5.88 Å². The third-order valence-corrected chi connectivity index (χ3v) is 4.78. The van der Waals surface area contributed by atoms with Crippen LogP contribution in [0.25, 0.3) is 5.69 Å². The number of carbonyl (C=O) groups is 1. The molecule has 1 aliphatic carbocycles. The van der Waals surface area contributed by atoms with Gasteiger partial charge in [-0.25, -0.2) is 9.67 Å². The molecule has 0 radical (unpaired) electrons. The normalized spacial score (nSPS) is 16.2. The number of nitrogens with zero attached hydrogens (tertiary/aromatic N) is 5. The molecule has 3 heterocycles. The van der Waals surface area contributed by atoms with Gasteiger partial charge in [0, 0.05) is 37.1 Å². The van der Waals surface area contributed by atoms with Gasteiger partial charge in [-0.3, -0.25) is 9.48 Å². The third-order valence-electron chi connectivity index (χ3n) is 4.78. The summed E-state index contributed by atoms with van der Waals surface area (Å²) in [4.78, 5) is 16.0. The van der Waals surface area contributed by atoms with E-state index >= 15 is 0 Å². The first-order chi connectivity index (χ1) is 14.9. The van der Waals surface area contributed by atoms with Crippen molar-refractivity contribution in [1.82, 2.24) is 29.9 Å². The van der Waals surface area contributed by atoms with Gasteiger partial charge in [-0.05, 0) is 18.9 Å². The quantitative estimate of drug-likeness (QED) is 0.604. The number of hydrogen-bond donors (Lipinski definition) is 1. The number of alkyl halides is 6. The van der Waals surface area contributed by atoms with E-state index in [1.54, 1.807) is 0 Å². The minimum Gasteiger partial charge on any atom is -0.388 e. The Morgan fingerprint density at radius 1 is 1.19 bits per heavy atom. The number of carbonyl (C=O) groups excluding carboxylic acids is 1. The molecule has 3 aromatic rings. The van der Waals surface area contributed by atoms with Crippen LogP contribution in [-0.4, -0.2) is 36.8 Å². The lowest BCUT2D eigenvalue weighted by Crippen LogP contribution is -2.28. The van der Waals surface area contributed by atoms with Crippen LogP contribution >= 0.6 is 0 Å². The topological polar surface area (TPSA) is 86.9 Å². The number of nitrogens with one attached hydrogen (secondary N) is 1. The number of pyridine rings is 1. The lowest BCUT2D eigenvalue weighted by Gasteiger charge is -2.13. The SMILES string of the molecule is Cn1nc(C(F)(F)F)cc1C(=O)N[C@@H]1CCc2nn(-c3ccnc(OC(F)(F)F)c3)cc21. The molecule has 170 valence electrons. The van der Waals surface area contributed by atoms with Crippen molar-refractivity contribution in [3.8, 4) is 11.6 Å². The molecule has 1 amide bonds. The van der Waals surface area contributed by atoms with Crippen molar-refractivity contribution in [2.45, 2.75) is 31.4 Å². The van der Waals surface area contributed by atoms with Crippen LogP contribution in [0, 0.1) is 0 Å². The number of fused-ring (bicyclic) bond motifs is 1. The van der Waals surface area contributed by atoms with Crippen molar-refractivity contribution < 1.29 is 35.9 Å². The number of amides is 1. The molecule has 1 aliphatic rings. The molecule has 0 fully saturated rings. The van der Waals surface area contributed by atoms with Gasteiger partial charge in [0.2, 0.25) is 5.88 Å². The first-order valence-corrected chi connectivity index (χ1v) is 9.13. The Kier molecular flexibility index (Phi) is 5.09. The van der Waals surface area contributed by atoms with Crippen molar-refractivity contribution in [2.24, 2.45) is 7.05 Å². The number of ether oxygens (including phenoxy) is 1. The summed E-state index contributed by atoms with van der Waals surface area (Å²) in [6.07, 6.45) is -5.99. The molecule has 3 aromatic heterocycles. The maximum Gasteiger partial charge on any atom is 0.574 e. The summed E-state index contributed by atoms with van der Waals surface area (Å²) in [7, 11) is 1.23. The summed E-state index contributed by atoms with van der Waals surface area (Å²) in [6, 6.07) is 2.60. The minimum absolute atomic E-state index is 0.250. The fourth-order valence-electron chi connectivity index (χ4n) is 3.39. The summed E-state index contributed by atoms with van der Waals surface area (Å²) >= 11 is 0. The third kappa shape index (κ3) is 4.38. The molecular weight excluding hydrogens is 446 g/mol. The van der Waals surface area contributed by atoms with Gasteiger partial charge in [-0.2, -0.15) is 23.4 Å². The second-order valence-electron chi connectivity index (χ2n) is 6.98. The molecule has 0 saturated heterocycles. The molecule has 1 N–H and O–H groups in total. The van der Waals surface area contributed by atoms with Gasteiger partial charge < -0.3 is 10.1 Å². The maximum atomic E-state index is 12.8. The van der Waals surface area contributed by atoms with Crippen LogP contribution in [0.1, 0.15) is 39.9 Å². The van der Waals surface area contributed by atoms with Gasteiger partial charge in [0.1, 0.15) is 5.69 Å². The van der Waals surface area contributed by atoms with Crippen molar-refractivity contribution >= 4 is 5.91 Å². The molecule has 0 bridgehead atoms. The molecule has 0 saturated carbocycles. The molecule has 4 rings (SSSR count). The van der Waals surface area contributed by atoms with E-state index in [0.29, 0.717) is 30.2 Å². The zero-order valence-electron chi connectivity index (χ0n) is 16.2. The van der Waals surface area contributed by atoms with Crippen molar-refractivity contribution in [3.05, 3.63) is 53.2 Å². The van der Waals surface area contributed by atoms with Gasteiger partial charge in [-0.15, -0.1) is 13.2 Å². The molecular formula is C18H14F6N6O2. The highest BCUT2D eigenvalue weighted by molar-refractivity contribution is 5.93. The summed E-state index contributed by atoms with van der Waals surface area (Å²) in [6.45, 7) is 0. The summed E-state index contributed by atoms with van der Waals surface area (Å²) in [5, 5.41) is 10.3. The number of aromatic nitrogens is 5. The van der Waals surface area contributed by atoms with E-state index in [1.807, 2.05) is 0 Å².